The minimum atomic E-state index is -0.487. The van der Waals surface area contributed by atoms with Crippen molar-refractivity contribution in [1.82, 2.24) is 9.55 Å². The highest BCUT2D eigenvalue weighted by atomic mass is 15.0. The van der Waals surface area contributed by atoms with Gasteiger partial charge in [-0.25, -0.2) is 4.98 Å². The van der Waals surface area contributed by atoms with Gasteiger partial charge in [-0.15, -0.1) is 0 Å². The first-order valence-corrected chi connectivity index (χ1v) is 24.8. The van der Waals surface area contributed by atoms with Gasteiger partial charge in [0, 0.05) is 32.8 Å². The molecule has 0 fully saturated rings. The summed E-state index contributed by atoms with van der Waals surface area (Å²) >= 11 is 0. The largest absolute Gasteiger partial charge is 0.309 e. The molecule has 0 amide bonds. The first-order valence-electron chi connectivity index (χ1n) is 24.8. The first-order chi connectivity index (χ1) is 35.2. The lowest BCUT2D eigenvalue weighted by Crippen LogP contribution is -2.28. The fourth-order valence-corrected chi connectivity index (χ4v) is 13.7. The lowest BCUT2D eigenvalue weighted by molar-refractivity contribution is 0.769. The van der Waals surface area contributed by atoms with Gasteiger partial charge < -0.3 is 4.57 Å². The second kappa shape index (κ2) is 14.2. The van der Waals surface area contributed by atoms with Crippen LogP contribution in [0.4, 0.5) is 0 Å². The second-order valence-electron chi connectivity index (χ2n) is 19.7. The quantitative estimate of drug-likeness (QED) is 0.161. The highest BCUT2D eigenvalue weighted by molar-refractivity contribution is 6.15. The van der Waals surface area contributed by atoms with Crippen LogP contribution in [0.1, 0.15) is 44.5 Å². The molecular formula is C69H42N2. The summed E-state index contributed by atoms with van der Waals surface area (Å²) in [6, 6.07) is 95.2. The maximum Gasteiger partial charge on any atom is 0.0789 e. The van der Waals surface area contributed by atoms with E-state index in [0.717, 1.165) is 33.2 Å². The normalized spacial score (nSPS) is 14.1. The average molecular weight is 899 g/mol. The molecule has 2 aromatic heterocycles. The van der Waals surface area contributed by atoms with Crippen LogP contribution in [-0.4, -0.2) is 9.55 Å². The van der Waals surface area contributed by atoms with Crippen molar-refractivity contribution in [3.05, 3.63) is 299 Å². The zero-order valence-electron chi connectivity index (χ0n) is 38.6. The Morgan fingerprint density at radius 1 is 0.282 bits per heavy atom. The number of hydrogen-bond donors (Lipinski definition) is 0. The number of fused-ring (bicyclic) bond motifs is 19. The number of rotatable bonds is 4. The highest BCUT2D eigenvalue weighted by Crippen LogP contribution is 2.64. The first kappa shape index (κ1) is 38.8. The Bertz CT molecular complexity index is 4320. The molecule has 3 aliphatic rings. The van der Waals surface area contributed by atoms with Crippen molar-refractivity contribution in [2.75, 3.05) is 0 Å². The Balaban J connectivity index is 0.946. The van der Waals surface area contributed by atoms with E-state index in [1.54, 1.807) is 0 Å². The van der Waals surface area contributed by atoms with E-state index in [9.17, 15) is 0 Å². The fourth-order valence-electron chi connectivity index (χ4n) is 13.7. The van der Waals surface area contributed by atoms with Gasteiger partial charge in [0.15, 0.2) is 0 Å². The molecule has 0 saturated heterocycles. The van der Waals surface area contributed by atoms with Crippen LogP contribution in [0.2, 0.25) is 0 Å². The van der Waals surface area contributed by atoms with Crippen molar-refractivity contribution in [2.24, 2.45) is 0 Å². The molecule has 2 heteroatoms. The van der Waals surface area contributed by atoms with E-state index < -0.39 is 10.8 Å². The van der Waals surface area contributed by atoms with Gasteiger partial charge in [0.2, 0.25) is 0 Å². The van der Waals surface area contributed by atoms with Gasteiger partial charge in [0.1, 0.15) is 0 Å². The van der Waals surface area contributed by atoms with Crippen LogP contribution < -0.4 is 0 Å². The molecule has 2 heterocycles. The zero-order chi connectivity index (χ0) is 46.4. The summed E-state index contributed by atoms with van der Waals surface area (Å²) in [4.78, 5) is 5.60. The topological polar surface area (TPSA) is 17.8 Å². The minimum Gasteiger partial charge on any atom is -0.309 e. The van der Waals surface area contributed by atoms with Crippen molar-refractivity contribution in [1.29, 1.82) is 0 Å². The molecule has 16 rings (SSSR count). The van der Waals surface area contributed by atoms with Gasteiger partial charge in [-0.3, -0.25) is 0 Å². The van der Waals surface area contributed by atoms with Gasteiger partial charge in [0.05, 0.1) is 33.1 Å². The third-order valence-electron chi connectivity index (χ3n) is 16.4. The highest BCUT2D eigenvalue weighted by Gasteiger charge is 2.52. The van der Waals surface area contributed by atoms with Crippen LogP contribution in [0.15, 0.2) is 255 Å². The van der Waals surface area contributed by atoms with Gasteiger partial charge in [-0.05, 0) is 132 Å². The van der Waals surface area contributed by atoms with Crippen molar-refractivity contribution >= 4 is 43.5 Å². The van der Waals surface area contributed by atoms with Crippen molar-refractivity contribution in [3.8, 4) is 50.3 Å². The summed E-state index contributed by atoms with van der Waals surface area (Å²) in [6.45, 7) is 0. The summed E-state index contributed by atoms with van der Waals surface area (Å²) in [7, 11) is 0. The lowest BCUT2D eigenvalue weighted by atomic mass is 9.67. The van der Waals surface area contributed by atoms with Gasteiger partial charge >= 0.3 is 0 Å². The number of nitrogens with zero attached hydrogens (tertiary/aromatic N) is 2. The molecule has 3 aliphatic carbocycles. The summed E-state index contributed by atoms with van der Waals surface area (Å²) in [5, 5.41) is 6.00. The van der Waals surface area contributed by atoms with E-state index in [1.165, 1.54) is 105 Å². The maximum absolute atomic E-state index is 5.60. The Labute approximate surface area is 411 Å². The van der Waals surface area contributed by atoms with E-state index in [1.807, 2.05) is 0 Å². The standard InChI is InChI=1S/C69H42N2/c1-3-21-44(22-4-1)68(45-23-5-2-6-24-45)58-32-13-9-29-50(58)55-42-66-56(41-62(55)68)52-31-12-18-37-65(52)71(66)46-25-19-20-43(38-46)67-57-39-54-49-28-10-16-35-61(49)69(63(54)40-53(57)51-30-11-17-36-64(51)70-67)59-33-14-7-26-47(59)48-27-8-15-34-60(48)69/h1-42H. The number of para-hydroxylation sites is 2. The predicted molar refractivity (Wildman–Crippen MR) is 293 cm³/mol. The molecular weight excluding hydrogens is 857 g/mol. The van der Waals surface area contributed by atoms with Crippen LogP contribution in [0.5, 0.6) is 0 Å². The van der Waals surface area contributed by atoms with Crippen LogP contribution in [-0.2, 0) is 10.8 Å². The van der Waals surface area contributed by atoms with E-state index in [4.69, 9.17) is 4.98 Å². The van der Waals surface area contributed by atoms with Crippen LogP contribution >= 0.6 is 0 Å². The Hall–Kier alpha value is -9.11. The summed E-state index contributed by atoms with van der Waals surface area (Å²) in [6.07, 6.45) is 0. The average Bonchev–Trinajstić information content (AvgIpc) is 4.14. The molecule has 11 aromatic carbocycles. The molecule has 0 aliphatic heterocycles. The zero-order valence-corrected chi connectivity index (χ0v) is 38.6. The monoisotopic (exact) mass is 898 g/mol. The smallest absolute Gasteiger partial charge is 0.0789 e. The molecule has 0 radical (unpaired) electrons. The molecule has 0 atom stereocenters. The maximum atomic E-state index is 5.60. The number of pyridine rings is 1. The molecule has 13 aromatic rings. The van der Waals surface area contributed by atoms with E-state index in [0.29, 0.717) is 0 Å². The van der Waals surface area contributed by atoms with E-state index in [-0.39, 0.29) is 0 Å². The molecule has 0 saturated carbocycles. The Kier molecular flexibility index (Phi) is 7.78. The fraction of sp³-hybridized carbons (Fsp3) is 0.0290. The minimum absolute atomic E-state index is 0.434. The van der Waals surface area contributed by atoms with Crippen molar-refractivity contribution in [3.63, 3.8) is 0 Å². The third kappa shape index (κ3) is 4.93. The molecule has 1 spiro atoms. The molecule has 328 valence electrons. The number of hydrogen-bond acceptors (Lipinski definition) is 1. The van der Waals surface area contributed by atoms with Gasteiger partial charge in [-0.1, -0.05) is 206 Å². The second-order valence-corrected chi connectivity index (χ2v) is 19.7. The van der Waals surface area contributed by atoms with E-state index in [2.05, 4.69) is 259 Å². The summed E-state index contributed by atoms with van der Waals surface area (Å²) in [5.41, 5.74) is 23.9. The predicted octanol–water partition coefficient (Wildman–Crippen LogP) is 16.9. The SMILES string of the molecule is c1ccc(C2(c3ccccc3)c3ccccc3-c3cc4c(cc32)c2ccccc2n4-c2cccc(-c3nc4ccccc4c4cc5c(cc34)-c3ccccc3C53c4ccccc4-c4ccccc43)c2)cc1. The van der Waals surface area contributed by atoms with Gasteiger partial charge in [-0.2, -0.15) is 0 Å². The third-order valence-corrected chi connectivity index (χ3v) is 16.4. The molecule has 2 nitrogen and oxygen atoms in total. The van der Waals surface area contributed by atoms with E-state index >= 15 is 0 Å². The molecule has 0 unspecified atom stereocenters. The van der Waals surface area contributed by atoms with Crippen LogP contribution in [0.3, 0.4) is 0 Å². The van der Waals surface area contributed by atoms with Crippen molar-refractivity contribution in [2.45, 2.75) is 10.8 Å². The molecule has 0 N–H and O–H groups in total. The number of benzene rings is 11. The van der Waals surface area contributed by atoms with Crippen molar-refractivity contribution < 1.29 is 0 Å². The van der Waals surface area contributed by atoms with Crippen LogP contribution in [0, 0.1) is 0 Å². The van der Waals surface area contributed by atoms with Crippen LogP contribution in [0.25, 0.3) is 93.8 Å². The Morgan fingerprint density at radius 2 is 0.775 bits per heavy atom. The number of aromatic nitrogens is 2. The Morgan fingerprint density at radius 3 is 1.42 bits per heavy atom. The summed E-state index contributed by atoms with van der Waals surface area (Å²) in [5.74, 6) is 0. The molecule has 0 bridgehead atoms. The summed E-state index contributed by atoms with van der Waals surface area (Å²) < 4.78 is 2.48. The van der Waals surface area contributed by atoms with Gasteiger partial charge in [0.25, 0.3) is 0 Å². The lowest BCUT2D eigenvalue weighted by Gasteiger charge is -2.33. The molecule has 71 heavy (non-hydrogen) atoms.